The molecule has 0 N–H and O–H groups in total. The lowest BCUT2D eigenvalue weighted by atomic mass is 9.36. The van der Waals surface area contributed by atoms with Gasteiger partial charge < -0.3 is 4.74 Å². The fraction of sp³-hybridized carbons (Fsp3) is 0.500. The molecule has 2 saturated carbocycles. The van der Waals surface area contributed by atoms with Crippen LogP contribution in [0.1, 0.15) is 179 Å². The van der Waals surface area contributed by atoms with Crippen LogP contribution in [0.25, 0.3) is 53.6 Å². The number of aryl methyl sites for hydroxylation is 1. The summed E-state index contributed by atoms with van der Waals surface area (Å²) >= 11 is 1.95. The summed E-state index contributed by atoms with van der Waals surface area (Å²) in [4.78, 5) is 0. The lowest BCUT2D eigenvalue weighted by Gasteiger charge is -2.67. The fourth-order valence-electron chi connectivity index (χ4n) is 13.4. The van der Waals surface area contributed by atoms with E-state index in [2.05, 4.69) is 125 Å². The first-order chi connectivity index (χ1) is 30.5. The van der Waals surface area contributed by atoms with Gasteiger partial charge in [0.25, 0.3) is 0 Å². The third kappa shape index (κ3) is 7.88. The number of fused-ring (bicyclic) bond motifs is 6. The second kappa shape index (κ2) is 19.1. The maximum absolute atomic E-state index is 6.17. The minimum atomic E-state index is 0.0860. The van der Waals surface area contributed by atoms with Gasteiger partial charge in [0.15, 0.2) is 0 Å². The van der Waals surface area contributed by atoms with Crippen LogP contribution in [0.4, 0.5) is 0 Å². The Morgan fingerprint density at radius 1 is 0.468 bits per heavy atom. The summed E-state index contributed by atoms with van der Waals surface area (Å²) in [5.41, 5.74) is 13.9. The molecule has 6 aromatic rings. The van der Waals surface area contributed by atoms with Crippen LogP contribution in [0, 0.1) is 17.8 Å². The monoisotopic (exact) mass is 843 g/mol. The van der Waals surface area contributed by atoms with Gasteiger partial charge in [-0.15, -0.1) is 11.3 Å². The Morgan fingerprint density at radius 3 is 1.52 bits per heavy atom. The number of benzene rings is 5. The van der Waals surface area contributed by atoms with E-state index < -0.39 is 0 Å². The van der Waals surface area contributed by atoms with Crippen molar-refractivity contribution in [1.29, 1.82) is 0 Å². The van der Waals surface area contributed by atoms with Crippen LogP contribution in [0.2, 0.25) is 0 Å². The minimum Gasteiger partial charge on any atom is -0.494 e. The van der Waals surface area contributed by atoms with Crippen LogP contribution in [0.3, 0.4) is 0 Å². The average molecular weight is 843 g/mol. The van der Waals surface area contributed by atoms with Gasteiger partial charge in [-0.3, -0.25) is 0 Å². The molecule has 3 aliphatic rings. The van der Waals surface area contributed by atoms with Crippen LogP contribution in [0.5, 0.6) is 5.75 Å². The van der Waals surface area contributed by atoms with E-state index in [1.807, 2.05) is 11.3 Å². The summed E-state index contributed by atoms with van der Waals surface area (Å²) in [5.74, 6) is 0.982. The zero-order chi connectivity index (χ0) is 42.6. The Hall–Kier alpha value is -3.88. The molecular formula is C60H74OS. The Balaban J connectivity index is 0.971. The number of rotatable bonds is 20. The number of hydrogen-bond donors (Lipinski definition) is 0. The quantitative estimate of drug-likeness (QED) is 0.0696. The third-order valence-corrected chi connectivity index (χ3v) is 17.4. The van der Waals surface area contributed by atoms with Gasteiger partial charge in [-0.25, -0.2) is 0 Å². The molecule has 2 bridgehead atoms. The number of ether oxygens (including phenoxy) is 1. The van der Waals surface area contributed by atoms with E-state index in [0.29, 0.717) is 10.8 Å². The summed E-state index contributed by atoms with van der Waals surface area (Å²) in [7, 11) is 0. The summed E-state index contributed by atoms with van der Waals surface area (Å²) in [6.07, 6.45) is 29.8. The molecule has 326 valence electrons. The van der Waals surface area contributed by atoms with Gasteiger partial charge >= 0.3 is 0 Å². The van der Waals surface area contributed by atoms with Gasteiger partial charge in [-0.2, -0.15) is 0 Å². The Kier molecular flexibility index (Phi) is 13.3. The van der Waals surface area contributed by atoms with Gasteiger partial charge in [0, 0.05) is 25.6 Å². The molecule has 0 unspecified atom stereocenters. The van der Waals surface area contributed by atoms with E-state index in [1.165, 1.54) is 194 Å². The van der Waals surface area contributed by atoms with Crippen molar-refractivity contribution >= 4 is 31.5 Å². The molecule has 0 atom stereocenters. The maximum Gasteiger partial charge on any atom is 0.119 e. The van der Waals surface area contributed by atoms with Crippen molar-refractivity contribution in [2.24, 2.45) is 10.8 Å². The molecular weight excluding hydrogens is 769 g/mol. The third-order valence-electron chi connectivity index (χ3n) is 16.3. The van der Waals surface area contributed by atoms with Gasteiger partial charge in [-0.05, 0) is 138 Å². The molecule has 0 aliphatic heterocycles. The predicted molar refractivity (Wildman–Crippen MR) is 270 cm³/mol. The summed E-state index contributed by atoms with van der Waals surface area (Å²) in [6.45, 7) is 10.3. The minimum absolute atomic E-state index is 0.0860. The SMILES string of the molecule is CCCCCCCCCCCCOc1ccc(-c2ccc3c(c2)sc2cc(-c4ccc5c(c4)C4(c6cc(C)ccc6-5)C5(CCCC)CCCC4(CCCC)CCC5)ccc23)cc1. The first-order valence-electron chi connectivity index (χ1n) is 25.4. The second-order valence-electron chi connectivity index (χ2n) is 20.1. The van der Waals surface area contributed by atoms with Crippen molar-refractivity contribution in [2.45, 2.75) is 174 Å². The van der Waals surface area contributed by atoms with E-state index in [-0.39, 0.29) is 5.41 Å². The molecule has 1 spiro atoms. The van der Waals surface area contributed by atoms with Crippen molar-refractivity contribution < 1.29 is 4.74 Å². The first-order valence-corrected chi connectivity index (χ1v) is 26.2. The van der Waals surface area contributed by atoms with Gasteiger partial charge in [0.1, 0.15) is 5.75 Å². The zero-order valence-corrected chi connectivity index (χ0v) is 39.6. The topological polar surface area (TPSA) is 9.23 Å². The molecule has 1 aromatic heterocycles. The van der Waals surface area contributed by atoms with Gasteiger partial charge in [-0.1, -0.05) is 189 Å². The highest BCUT2D eigenvalue weighted by atomic mass is 32.1. The standard InChI is InChI=1S/C60H74OS/c1-5-8-11-12-13-14-15-16-17-18-39-61-49-27-22-45(23-28-49)47-25-31-52-53-32-26-48(43-57(53)62-56(52)42-47)46-24-30-51-50-29-21-44(4)40-54(50)60(55(51)41-46)58(33-9-6-2)35-19-37-59(60,34-10-7-3)38-20-36-58/h21-32,40-43H,5-20,33-39H2,1-4H3. The summed E-state index contributed by atoms with van der Waals surface area (Å²) in [6, 6.07) is 38.4. The largest absolute Gasteiger partial charge is 0.494 e. The number of unbranched alkanes of at least 4 members (excludes halogenated alkanes) is 11. The molecule has 0 radical (unpaired) electrons. The van der Waals surface area contributed by atoms with E-state index in [4.69, 9.17) is 4.74 Å². The van der Waals surface area contributed by atoms with Crippen LogP contribution < -0.4 is 4.74 Å². The number of hydrogen-bond acceptors (Lipinski definition) is 2. The number of thiophene rings is 1. The molecule has 0 amide bonds. The highest BCUT2D eigenvalue weighted by molar-refractivity contribution is 7.25. The Labute approximate surface area is 379 Å². The molecule has 9 rings (SSSR count). The van der Waals surface area contributed by atoms with E-state index in [1.54, 1.807) is 11.1 Å². The molecule has 1 heterocycles. The van der Waals surface area contributed by atoms with Crippen LogP contribution >= 0.6 is 11.3 Å². The molecule has 5 aromatic carbocycles. The van der Waals surface area contributed by atoms with Crippen molar-refractivity contribution in [3.8, 4) is 39.1 Å². The van der Waals surface area contributed by atoms with Crippen LogP contribution in [-0.2, 0) is 5.41 Å². The average Bonchev–Trinajstić information content (AvgIpc) is 3.80. The van der Waals surface area contributed by atoms with Crippen LogP contribution in [-0.4, -0.2) is 6.61 Å². The summed E-state index contributed by atoms with van der Waals surface area (Å²) < 4.78 is 8.91. The van der Waals surface area contributed by atoms with E-state index in [9.17, 15) is 0 Å². The van der Waals surface area contributed by atoms with Gasteiger partial charge in [0.05, 0.1) is 6.61 Å². The van der Waals surface area contributed by atoms with Crippen molar-refractivity contribution in [2.75, 3.05) is 6.61 Å². The maximum atomic E-state index is 6.17. The lowest BCUT2D eigenvalue weighted by molar-refractivity contribution is -0.0961. The van der Waals surface area contributed by atoms with E-state index in [0.717, 1.165) is 18.8 Å². The lowest BCUT2D eigenvalue weighted by Crippen LogP contribution is -2.62. The highest BCUT2D eigenvalue weighted by Crippen LogP contribution is 2.76. The zero-order valence-electron chi connectivity index (χ0n) is 38.8. The Bertz CT molecular complexity index is 2410. The molecule has 3 aliphatic carbocycles. The highest BCUT2D eigenvalue weighted by Gasteiger charge is 2.69. The van der Waals surface area contributed by atoms with Crippen molar-refractivity contribution in [3.05, 3.63) is 114 Å². The molecule has 2 heteroatoms. The molecule has 2 fully saturated rings. The van der Waals surface area contributed by atoms with Gasteiger partial charge in [0.2, 0.25) is 0 Å². The normalized spacial score (nSPS) is 21.5. The van der Waals surface area contributed by atoms with E-state index >= 15 is 0 Å². The summed E-state index contributed by atoms with van der Waals surface area (Å²) in [5, 5.41) is 2.73. The molecule has 0 saturated heterocycles. The first kappa shape index (κ1) is 43.4. The fourth-order valence-corrected chi connectivity index (χ4v) is 14.6. The van der Waals surface area contributed by atoms with Crippen molar-refractivity contribution in [1.82, 2.24) is 0 Å². The molecule has 62 heavy (non-hydrogen) atoms. The predicted octanol–water partition coefficient (Wildman–Crippen LogP) is 19.0. The molecule has 1 nitrogen and oxygen atoms in total. The van der Waals surface area contributed by atoms with Crippen LogP contribution in [0.15, 0.2) is 97.1 Å². The Morgan fingerprint density at radius 2 is 0.935 bits per heavy atom. The van der Waals surface area contributed by atoms with Crippen molar-refractivity contribution in [3.63, 3.8) is 0 Å². The second-order valence-corrected chi connectivity index (χ2v) is 21.2. The smallest absolute Gasteiger partial charge is 0.119 e.